The summed E-state index contributed by atoms with van der Waals surface area (Å²) in [7, 11) is 0. The maximum absolute atomic E-state index is 14.2. The lowest BCUT2D eigenvalue weighted by molar-refractivity contribution is 0.141. The lowest BCUT2D eigenvalue weighted by atomic mass is 10.0. The van der Waals surface area contributed by atoms with E-state index in [2.05, 4.69) is 0 Å². The lowest BCUT2D eigenvalue weighted by Gasteiger charge is -2.17. The first-order chi connectivity index (χ1) is 10.5. The van der Waals surface area contributed by atoms with Crippen molar-refractivity contribution in [3.63, 3.8) is 0 Å². The monoisotopic (exact) mass is 313 g/mol. The molecule has 4 nitrogen and oxygen atoms in total. The van der Waals surface area contributed by atoms with Gasteiger partial charge in [0.15, 0.2) is 11.5 Å². The van der Waals surface area contributed by atoms with Gasteiger partial charge in [-0.3, -0.25) is 0 Å². The van der Waals surface area contributed by atoms with Crippen molar-refractivity contribution in [2.75, 3.05) is 13.2 Å². The van der Waals surface area contributed by atoms with Gasteiger partial charge in [-0.15, -0.1) is 0 Å². The predicted molar refractivity (Wildman–Crippen MR) is 85.9 cm³/mol. The van der Waals surface area contributed by atoms with Gasteiger partial charge in [0, 0.05) is 12.1 Å². The average Bonchev–Trinajstić information content (AvgIpc) is 2.50. The Morgan fingerprint density at radius 2 is 1.68 bits per heavy atom. The van der Waals surface area contributed by atoms with Crippen molar-refractivity contribution in [2.45, 2.75) is 58.6 Å². The smallest absolute Gasteiger partial charge is 0.164 e. The van der Waals surface area contributed by atoms with Gasteiger partial charge in [0.2, 0.25) is 0 Å². The first-order valence-corrected chi connectivity index (χ1v) is 8.01. The van der Waals surface area contributed by atoms with Crippen LogP contribution in [-0.4, -0.2) is 30.5 Å². The molecule has 0 amide bonds. The van der Waals surface area contributed by atoms with Gasteiger partial charge in [0.05, 0.1) is 19.3 Å². The van der Waals surface area contributed by atoms with Crippen LogP contribution in [0.15, 0.2) is 12.1 Å². The molecule has 2 atom stereocenters. The minimum atomic E-state index is -0.643. The average molecular weight is 313 g/mol. The molecule has 0 saturated carbocycles. The highest BCUT2D eigenvalue weighted by Gasteiger charge is 2.15. The number of nitrogens with two attached hydrogens (primary N) is 1. The van der Waals surface area contributed by atoms with Crippen LogP contribution in [0.5, 0.6) is 11.5 Å². The largest absolute Gasteiger partial charge is 0.490 e. The molecule has 0 fully saturated rings. The molecule has 126 valence electrons. The molecule has 1 rings (SSSR count). The van der Waals surface area contributed by atoms with Crippen LogP contribution in [0.1, 0.15) is 45.6 Å². The van der Waals surface area contributed by atoms with Gasteiger partial charge in [-0.05, 0) is 44.2 Å². The SMILES string of the molecule is CCCOc1cc(F)c(CCC(O)C(C)N)cc1OCCC. The Morgan fingerprint density at radius 1 is 1.14 bits per heavy atom. The molecule has 0 aliphatic heterocycles. The first-order valence-electron chi connectivity index (χ1n) is 8.01. The normalized spacial score (nSPS) is 13.7. The summed E-state index contributed by atoms with van der Waals surface area (Å²) in [6.45, 7) is 6.81. The molecule has 0 spiro atoms. The molecule has 3 N–H and O–H groups in total. The van der Waals surface area contributed by atoms with E-state index in [-0.39, 0.29) is 11.9 Å². The predicted octanol–water partition coefficient (Wildman–Crippen LogP) is 3.04. The summed E-state index contributed by atoms with van der Waals surface area (Å²) in [4.78, 5) is 0. The van der Waals surface area contributed by atoms with Crippen LogP contribution in [0.4, 0.5) is 4.39 Å². The van der Waals surface area contributed by atoms with E-state index in [9.17, 15) is 9.50 Å². The quantitative estimate of drug-likeness (QED) is 0.697. The number of halogens is 1. The van der Waals surface area contributed by atoms with Gasteiger partial charge in [0.1, 0.15) is 5.82 Å². The second-order valence-electron chi connectivity index (χ2n) is 5.55. The van der Waals surface area contributed by atoms with E-state index in [0.717, 1.165) is 12.8 Å². The van der Waals surface area contributed by atoms with Crippen LogP contribution in [0.2, 0.25) is 0 Å². The van der Waals surface area contributed by atoms with E-state index in [1.165, 1.54) is 6.07 Å². The molecule has 0 aromatic heterocycles. The molecule has 0 heterocycles. The van der Waals surface area contributed by atoms with Crippen LogP contribution >= 0.6 is 0 Å². The summed E-state index contributed by atoms with van der Waals surface area (Å²) in [6, 6.07) is 2.71. The molecule has 0 aliphatic rings. The van der Waals surface area contributed by atoms with Crippen LogP contribution in [0, 0.1) is 5.82 Å². The second kappa shape index (κ2) is 9.64. The third-order valence-corrected chi connectivity index (χ3v) is 3.35. The minimum Gasteiger partial charge on any atom is -0.490 e. The number of hydrogen-bond donors (Lipinski definition) is 2. The molecular formula is C17H28FNO3. The highest BCUT2D eigenvalue weighted by Crippen LogP contribution is 2.31. The van der Waals surface area contributed by atoms with E-state index >= 15 is 0 Å². The molecule has 0 saturated heterocycles. The topological polar surface area (TPSA) is 64.7 Å². The number of aryl methyl sites for hydroxylation is 1. The molecule has 0 bridgehead atoms. The molecule has 5 heteroatoms. The zero-order valence-corrected chi connectivity index (χ0v) is 13.8. The standard InChI is InChI=1S/C17H28FNO3/c1-4-8-21-16-10-13(6-7-15(20)12(3)19)14(18)11-17(16)22-9-5-2/h10-12,15,20H,4-9,19H2,1-3H3. The van der Waals surface area contributed by atoms with Crippen LogP contribution in [-0.2, 0) is 6.42 Å². The Hall–Kier alpha value is -1.33. The number of aliphatic hydroxyl groups excluding tert-OH is 1. The maximum Gasteiger partial charge on any atom is 0.164 e. The van der Waals surface area contributed by atoms with Crippen molar-refractivity contribution in [3.05, 3.63) is 23.5 Å². The van der Waals surface area contributed by atoms with Crippen molar-refractivity contribution < 1.29 is 19.0 Å². The fraction of sp³-hybridized carbons (Fsp3) is 0.647. The number of hydrogen-bond acceptors (Lipinski definition) is 4. The van der Waals surface area contributed by atoms with Crippen LogP contribution < -0.4 is 15.2 Å². The van der Waals surface area contributed by atoms with E-state index < -0.39 is 6.10 Å². The van der Waals surface area contributed by atoms with Gasteiger partial charge < -0.3 is 20.3 Å². The van der Waals surface area contributed by atoms with Gasteiger partial charge in [-0.25, -0.2) is 4.39 Å². The molecule has 0 aliphatic carbocycles. The van der Waals surface area contributed by atoms with E-state index in [1.807, 2.05) is 13.8 Å². The molecule has 1 aromatic carbocycles. The summed E-state index contributed by atoms with van der Waals surface area (Å²) in [5, 5.41) is 9.76. The first kappa shape index (κ1) is 18.7. The third-order valence-electron chi connectivity index (χ3n) is 3.35. The summed E-state index contributed by atoms with van der Waals surface area (Å²) >= 11 is 0. The highest BCUT2D eigenvalue weighted by atomic mass is 19.1. The lowest BCUT2D eigenvalue weighted by Crippen LogP contribution is -2.31. The zero-order valence-electron chi connectivity index (χ0n) is 13.8. The Kier molecular flexibility index (Phi) is 8.20. The second-order valence-corrected chi connectivity index (χ2v) is 5.55. The Balaban J connectivity index is 2.88. The Labute approximate surface area is 132 Å². The highest BCUT2D eigenvalue weighted by molar-refractivity contribution is 5.44. The zero-order chi connectivity index (χ0) is 16.5. The number of aliphatic hydroxyl groups is 1. The van der Waals surface area contributed by atoms with E-state index in [1.54, 1.807) is 13.0 Å². The molecular weight excluding hydrogens is 285 g/mol. The number of benzene rings is 1. The number of ether oxygens (including phenoxy) is 2. The fourth-order valence-electron chi connectivity index (χ4n) is 1.98. The molecule has 1 aromatic rings. The number of rotatable bonds is 10. The molecule has 22 heavy (non-hydrogen) atoms. The molecule has 0 radical (unpaired) electrons. The Bertz CT molecular complexity index is 452. The minimum absolute atomic E-state index is 0.328. The van der Waals surface area contributed by atoms with Gasteiger partial charge >= 0.3 is 0 Å². The van der Waals surface area contributed by atoms with Crippen molar-refractivity contribution in [1.82, 2.24) is 0 Å². The van der Waals surface area contributed by atoms with Crippen molar-refractivity contribution >= 4 is 0 Å². The van der Waals surface area contributed by atoms with Gasteiger partial charge in [0.25, 0.3) is 0 Å². The Morgan fingerprint density at radius 3 is 2.18 bits per heavy atom. The van der Waals surface area contributed by atoms with E-state index in [4.69, 9.17) is 15.2 Å². The van der Waals surface area contributed by atoms with Crippen molar-refractivity contribution in [2.24, 2.45) is 5.73 Å². The summed E-state index contributed by atoms with van der Waals surface area (Å²) in [6.07, 6.45) is 1.89. The molecule has 2 unspecified atom stereocenters. The van der Waals surface area contributed by atoms with E-state index in [0.29, 0.717) is 43.1 Å². The van der Waals surface area contributed by atoms with Crippen LogP contribution in [0.25, 0.3) is 0 Å². The summed E-state index contributed by atoms with van der Waals surface area (Å²) in [5.41, 5.74) is 6.13. The van der Waals surface area contributed by atoms with Crippen molar-refractivity contribution in [3.8, 4) is 11.5 Å². The maximum atomic E-state index is 14.2. The fourth-order valence-corrected chi connectivity index (χ4v) is 1.98. The summed E-state index contributed by atoms with van der Waals surface area (Å²) in [5.74, 6) is 0.651. The summed E-state index contributed by atoms with van der Waals surface area (Å²) < 4.78 is 25.4. The van der Waals surface area contributed by atoms with Gasteiger partial charge in [-0.2, -0.15) is 0 Å². The van der Waals surface area contributed by atoms with Crippen molar-refractivity contribution in [1.29, 1.82) is 0 Å². The third kappa shape index (κ3) is 5.81. The van der Waals surface area contributed by atoms with Gasteiger partial charge in [-0.1, -0.05) is 13.8 Å². The van der Waals surface area contributed by atoms with Crippen LogP contribution in [0.3, 0.4) is 0 Å².